The van der Waals surface area contributed by atoms with Crippen molar-refractivity contribution in [2.75, 3.05) is 0 Å². The molecule has 37 heavy (non-hydrogen) atoms. The average Bonchev–Trinajstić information content (AvgIpc) is 2.80. The van der Waals surface area contributed by atoms with E-state index in [0.29, 0.717) is 5.56 Å². The zero-order valence-electron chi connectivity index (χ0n) is 19.7. The number of rotatable bonds is 8. The van der Waals surface area contributed by atoms with Crippen molar-refractivity contribution in [1.82, 2.24) is 0 Å². The van der Waals surface area contributed by atoms with Crippen LogP contribution in [-0.4, -0.2) is 21.2 Å². The fourth-order valence-electron chi connectivity index (χ4n) is 3.78. The summed E-state index contributed by atoms with van der Waals surface area (Å²) in [7, 11) is 0. The molecule has 0 fully saturated rings. The van der Waals surface area contributed by atoms with Gasteiger partial charge in [0.25, 0.3) is 0 Å². The van der Waals surface area contributed by atoms with Gasteiger partial charge in [0.2, 0.25) is 11.6 Å². The van der Waals surface area contributed by atoms with Gasteiger partial charge < -0.3 is 14.2 Å². The SMILES string of the molecule is CC1(C)CC(=O)c2cc(OCc3ccc([N+](=O)[O-])c(F)c3)c(OCc3ccc([N+](=O)[O-])c(F)c3)cc2O1. The normalized spacial score (nSPS) is 13.9. The van der Waals surface area contributed by atoms with Gasteiger partial charge in [-0.1, -0.05) is 0 Å². The first kappa shape index (κ1) is 25.5. The molecule has 0 atom stereocenters. The Bertz CT molecular complexity index is 1420. The predicted octanol–water partition coefficient (Wildman–Crippen LogP) is 5.68. The minimum absolute atomic E-state index is 0.0940. The van der Waals surface area contributed by atoms with Crippen molar-refractivity contribution in [3.05, 3.63) is 97.1 Å². The van der Waals surface area contributed by atoms with Gasteiger partial charge in [0, 0.05) is 18.2 Å². The number of hydrogen-bond acceptors (Lipinski definition) is 8. The molecule has 3 aromatic rings. The minimum Gasteiger partial charge on any atom is -0.486 e. The summed E-state index contributed by atoms with van der Waals surface area (Å²) >= 11 is 0. The summed E-state index contributed by atoms with van der Waals surface area (Å²) in [5, 5.41) is 21.7. The first-order chi connectivity index (χ1) is 17.4. The molecule has 12 heteroatoms. The number of benzene rings is 3. The first-order valence-electron chi connectivity index (χ1n) is 10.9. The average molecular weight is 514 g/mol. The number of ketones is 1. The fourth-order valence-corrected chi connectivity index (χ4v) is 3.78. The molecule has 0 unspecified atom stereocenters. The molecule has 0 aliphatic carbocycles. The zero-order chi connectivity index (χ0) is 26.9. The highest BCUT2D eigenvalue weighted by Crippen LogP contribution is 2.41. The Balaban J connectivity index is 1.62. The van der Waals surface area contributed by atoms with Crippen LogP contribution in [0.25, 0.3) is 0 Å². The van der Waals surface area contributed by atoms with Gasteiger partial charge in [0.05, 0.1) is 21.8 Å². The van der Waals surface area contributed by atoms with E-state index in [4.69, 9.17) is 14.2 Å². The van der Waals surface area contributed by atoms with E-state index in [9.17, 15) is 33.8 Å². The molecule has 1 heterocycles. The highest BCUT2D eigenvalue weighted by molar-refractivity contribution is 6.01. The van der Waals surface area contributed by atoms with Crippen molar-refractivity contribution >= 4 is 17.2 Å². The molecule has 10 nitrogen and oxygen atoms in total. The summed E-state index contributed by atoms with van der Waals surface area (Å²) in [4.78, 5) is 32.7. The van der Waals surface area contributed by atoms with Crippen molar-refractivity contribution in [1.29, 1.82) is 0 Å². The predicted molar refractivity (Wildman–Crippen MR) is 125 cm³/mol. The minimum atomic E-state index is -1.03. The van der Waals surface area contributed by atoms with E-state index in [-0.39, 0.29) is 53.8 Å². The summed E-state index contributed by atoms with van der Waals surface area (Å²) < 4.78 is 45.5. The van der Waals surface area contributed by atoms with Gasteiger partial charge in [-0.15, -0.1) is 0 Å². The summed E-state index contributed by atoms with van der Waals surface area (Å²) in [5.74, 6) is -1.79. The van der Waals surface area contributed by atoms with Gasteiger partial charge in [0.15, 0.2) is 17.3 Å². The van der Waals surface area contributed by atoms with Crippen LogP contribution in [0.15, 0.2) is 48.5 Å². The van der Waals surface area contributed by atoms with Crippen LogP contribution in [0.1, 0.15) is 41.8 Å². The molecule has 0 bridgehead atoms. The number of nitro groups is 2. The lowest BCUT2D eigenvalue weighted by molar-refractivity contribution is -0.387. The second-order valence-corrected chi connectivity index (χ2v) is 8.92. The Morgan fingerprint density at radius 2 is 1.35 bits per heavy atom. The number of nitro benzene ring substituents is 2. The lowest BCUT2D eigenvalue weighted by atomic mass is 9.93. The molecule has 1 aliphatic rings. The molecular formula is C25H20F2N2O8. The number of ether oxygens (including phenoxy) is 3. The van der Waals surface area contributed by atoms with Crippen LogP contribution < -0.4 is 14.2 Å². The monoisotopic (exact) mass is 514 g/mol. The van der Waals surface area contributed by atoms with Crippen LogP contribution in [0.5, 0.6) is 17.2 Å². The number of halogens is 2. The molecule has 0 saturated carbocycles. The number of carbonyl (C=O) groups excluding carboxylic acids is 1. The third-order valence-electron chi connectivity index (χ3n) is 5.53. The van der Waals surface area contributed by atoms with Crippen molar-refractivity contribution in [2.24, 2.45) is 0 Å². The number of hydrogen-bond donors (Lipinski definition) is 0. The second kappa shape index (κ2) is 9.80. The summed E-state index contributed by atoms with van der Waals surface area (Å²) in [6.45, 7) is 3.09. The van der Waals surface area contributed by atoms with Crippen LogP contribution >= 0.6 is 0 Å². The summed E-state index contributed by atoms with van der Waals surface area (Å²) in [6, 6.07) is 9.50. The van der Waals surface area contributed by atoms with Gasteiger partial charge in [-0.2, -0.15) is 8.78 Å². The molecule has 0 N–H and O–H groups in total. The molecule has 3 aromatic carbocycles. The third kappa shape index (κ3) is 5.63. The quantitative estimate of drug-likeness (QED) is 0.277. The molecule has 1 aliphatic heterocycles. The zero-order valence-corrected chi connectivity index (χ0v) is 19.7. The Morgan fingerprint density at radius 1 is 0.865 bits per heavy atom. The molecule has 0 radical (unpaired) electrons. The number of Topliss-reactive ketones (excluding diaryl/α,β-unsaturated/α-hetero) is 1. The van der Waals surface area contributed by atoms with E-state index in [1.165, 1.54) is 24.3 Å². The second-order valence-electron chi connectivity index (χ2n) is 8.92. The van der Waals surface area contributed by atoms with Crippen LogP contribution in [0.4, 0.5) is 20.2 Å². The van der Waals surface area contributed by atoms with Crippen molar-refractivity contribution in [2.45, 2.75) is 39.1 Å². The summed E-state index contributed by atoms with van der Waals surface area (Å²) in [5.41, 5.74) is -1.29. The maximum absolute atomic E-state index is 14.0. The number of fused-ring (bicyclic) bond motifs is 1. The van der Waals surface area contributed by atoms with Crippen LogP contribution in [-0.2, 0) is 13.2 Å². The van der Waals surface area contributed by atoms with Crippen LogP contribution in [0.3, 0.4) is 0 Å². The van der Waals surface area contributed by atoms with E-state index in [2.05, 4.69) is 0 Å². The Labute approximate surface area is 208 Å². The van der Waals surface area contributed by atoms with E-state index < -0.39 is 38.5 Å². The van der Waals surface area contributed by atoms with Gasteiger partial charge in [-0.05, 0) is 55.3 Å². The molecule has 0 spiro atoms. The van der Waals surface area contributed by atoms with Crippen LogP contribution in [0, 0.1) is 31.9 Å². The molecule has 0 saturated heterocycles. The molecule has 4 rings (SSSR count). The standard InChI is InChI=1S/C25H20F2N2O8/c1-25(2)11-21(30)16-9-23(35-12-14-3-5-19(28(31)32)17(26)7-14)24(10-22(16)37-25)36-13-15-4-6-20(29(33)34)18(27)8-15/h3-10H,11-13H2,1-2H3. The van der Waals surface area contributed by atoms with Crippen LogP contribution in [0.2, 0.25) is 0 Å². The maximum atomic E-state index is 14.0. The fraction of sp³-hybridized carbons (Fsp3) is 0.240. The topological polar surface area (TPSA) is 131 Å². The highest BCUT2D eigenvalue weighted by atomic mass is 19.1. The lowest BCUT2D eigenvalue weighted by Crippen LogP contribution is -2.35. The van der Waals surface area contributed by atoms with Gasteiger partial charge in [-0.25, -0.2) is 0 Å². The molecule has 0 aromatic heterocycles. The maximum Gasteiger partial charge on any atom is 0.304 e. The number of nitrogens with zero attached hydrogens (tertiary/aromatic N) is 2. The van der Waals surface area contributed by atoms with Gasteiger partial charge in [0.1, 0.15) is 24.6 Å². The van der Waals surface area contributed by atoms with Crippen molar-refractivity contribution in [3.63, 3.8) is 0 Å². The molecule has 192 valence electrons. The third-order valence-corrected chi connectivity index (χ3v) is 5.53. The van der Waals surface area contributed by atoms with Crippen molar-refractivity contribution < 1.29 is 37.6 Å². The van der Waals surface area contributed by atoms with Crippen molar-refractivity contribution in [3.8, 4) is 17.2 Å². The Hall–Kier alpha value is -4.61. The smallest absolute Gasteiger partial charge is 0.304 e. The lowest BCUT2D eigenvalue weighted by Gasteiger charge is -2.32. The largest absolute Gasteiger partial charge is 0.486 e. The van der Waals surface area contributed by atoms with E-state index in [1.807, 2.05) is 0 Å². The highest BCUT2D eigenvalue weighted by Gasteiger charge is 2.34. The van der Waals surface area contributed by atoms with Gasteiger partial charge in [-0.3, -0.25) is 25.0 Å². The Morgan fingerprint density at radius 3 is 1.81 bits per heavy atom. The summed E-state index contributed by atoms with van der Waals surface area (Å²) in [6.07, 6.45) is 0.120. The Kier molecular flexibility index (Phi) is 6.75. The van der Waals surface area contributed by atoms with E-state index >= 15 is 0 Å². The first-order valence-corrected chi connectivity index (χ1v) is 10.9. The van der Waals surface area contributed by atoms with E-state index in [0.717, 1.165) is 24.3 Å². The molecule has 0 amide bonds. The number of carbonyl (C=O) groups is 1. The van der Waals surface area contributed by atoms with Gasteiger partial charge >= 0.3 is 11.4 Å². The molecular weight excluding hydrogens is 494 g/mol. The van der Waals surface area contributed by atoms with E-state index in [1.54, 1.807) is 13.8 Å².